The molecule has 120 valence electrons. The second-order valence-corrected chi connectivity index (χ2v) is 5.85. The molecule has 1 aliphatic heterocycles. The SMILES string of the molecule is Cc1ccc(/C=N\NC(=S)NCCN2CCOCC2)c(C)c1. The van der Waals surface area contributed by atoms with Crippen molar-refractivity contribution in [1.29, 1.82) is 0 Å². The van der Waals surface area contributed by atoms with Gasteiger partial charge in [0.05, 0.1) is 19.4 Å². The van der Waals surface area contributed by atoms with Crippen LogP contribution in [-0.4, -0.2) is 55.6 Å². The highest BCUT2D eigenvalue weighted by Crippen LogP contribution is 2.07. The molecule has 0 atom stereocenters. The molecule has 0 unspecified atom stereocenters. The predicted octanol–water partition coefficient (Wildman–Crippen LogP) is 1.43. The van der Waals surface area contributed by atoms with E-state index in [1.165, 1.54) is 11.1 Å². The van der Waals surface area contributed by atoms with Crippen molar-refractivity contribution in [2.24, 2.45) is 5.10 Å². The minimum Gasteiger partial charge on any atom is -0.379 e. The topological polar surface area (TPSA) is 48.9 Å². The maximum absolute atomic E-state index is 5.32. The molecule has 0 bridgehead atoms. The first-order chi connectivity index (χ1) is 10.6. The Morgan fingerprint density at radius 2 is 2.14 bits per heavy atom. The van der Waals surface area contributed by atoms with E-state index in [0.717, 1.165) is 45.0 Å². The summed E-state index contributed by atoms with van der Waals surface area (Å²) in [4.78, 5) is 2.36. The monoisotopic (exact) mass is 320 g/mol. The van der Waals surface area contributed by atoms with Gasteiger partial charge in [-0.05, 0) is 37.2 Å². The number of nitrogens with one attached hydrogen (secondary N) is 2. The van der Waals surface area contributed by atoms with Crippen LogP contribution >= 0.6 is 12.2 Å². The first kappa shape index (κ1) is 16.9. The molecule has 1 aliphatic rings. The van der Waals surface area contributed by atoms with Gasteiger partial charge in [-0.2, -0.15) is 5.10 Å². The Balaban J connectivity index is 1.67. The molecule has 22 heavy (non-hydrogen) atoms. The van der Waals surface area contributed by atoms with E-state index in [-0.39, 0.29) is 0 Å². The molecule has 2 rings (SSSR count). The van der Waals surface area contributed by atoms with Crippen molar-refractivity contribution in [3.05, 3.63) is 34.9 Å². The molecule has 0 spiro atoms. The van der Waals surface area contributed by atoms with Crippen LogP contribution in [0, 0.1) is 13.8 Å². The molecule has 2 N–H and O–H groups in total. The fourth-order valence-corrected chi connectivity index (χ4v) is 2.48. The van der Waals surface area contributed by atoms with Crippen molar-refractivity contribution in [3.8, 4) is 0 Å². The number of thiocarbonyl (C=S) groups is 1. The van der Waals surface area contributed by atoms with Gasteiger partial charge in [0.2, 0.25) is 0 Å². The Labute approximate surface area is 137 Å². The normalized spacial score (nSPS) is 15.9. The van der Waals surface area contributed by atoms with Crippen LogP contribution in [0.1, 0.15) is 16.7 Å². The van der Waals surface area contributed by atoms with E-state index in [0.29, 0.717) is 5.11 Å². The van der Waals surface area contributed by atoms with E-state index in [1.54, 1.807) is 6.21 Å². The standard InChI is InChI=1S/C16H24N4OS/c1-13-3-4-15(14(2)11-13)12-18-19-16(22)17-5-6-20-7-9-21-10-8-20/h3-4,11-12H,5-10H2,1-2H3,(H2,17,19,22)/b18-12-. The molecule has 0 radical (unpaired) electrons. The zero-order valence-corrected chi connectivity index (χ0v) is 14.1. The summed E-state index contributed by atoms with van der Waals surface area (Å²) in [6.45, 7) is 9.56. The van der Waals surface area contributed by atoms with Gasteiger partial charge in [-0.25, -0.2) is 0 Å². The molecule has 0 amide bonds. The lowest BCUT2D eigenvalue weighted by Crippen LogP contribution is -2.42. The molecule has 0 aliphatic carbocycles. The van der Waals surface area contributed by atoms with Gasteiger partial charge in [-0.3, -0.25) is 10.3 Å². The molecule has 1 fully saturated rings. The number of hydrogen-bond acceptors (Lipinski definition) is 4. The van der Waals surface area contributed by atoms with Crippen LogP contribution in [0.15, 0.2) is 23.3 Å². The highest BCUT2D eigenvalue weighted by Gasteiger charge is 2.09. The van der Waals surface area contributed by atoms with Crippen molar-refractivity contribution in [1.82, 2.24) is 15.6 Å². The lowest BCUT2D eigenvalue weighted by Gasteiger charge is -2.26. The molecule has 1 heterocycles. The zero-order valence-electron chi connectivity index (χ0n) is 13.3. The first-order valence-corrected chi connectivity index (χ1v) is 8.00. The van der Waals surface area contributed by atoms with Crippen LogP contribution in [0.2, 0.25) is 0 Å². The van der Waals surface area contributed by atoms with Gasteiger partial charge < -0.3 is 10.1 Å². The number of nitrogens with zero attached hydrogens (tertiary/aromatic N) is 2. The van der Waals surface area contributed by atoms with Gasteiger partial charge in [0.1, 0.15) is 0 Å². The number of morpholine rings is 1. The molecule has 1 aromatic rings. The first-order valence-electron chi connectivity index (χ1n) is 7.59. The minimum atomic E-state index is 0.550. The number of hydrazone groups is 1. The summed E-state index contributed by atoms with van der Waals surface area (Å²) in [6.07, 6.45) is 1.80. The second-order valence-electron chi connectivity index (χ2n) is 5.44. The molecular formula is C16H24N4OS. The van der Waals surface area contributed by atoms with Crippen molar-refractivity contribution >= 4 is 23.5 Å². The van der Waals surface area contributed by atoms with Crippen LogP contribution in [-0.2, 0) is 4.74 Å². The molecule has 0 aromatic heterocycles. The van der Waals surface area contributed by atoms with Gasteiger partial charge in [0.15, 0.2) is 5.11 Å². The lowest BCUT2D eigenvalue weighted by atomic mass is 10.1. The Kier molecular flexibility index (Phi) is 6.76. The summed E-state index contributed by atoms with van der Waals surface area (Å²) in [5, 5.41) is 7.90. The van der Waals surface area contributed by atoms with E-state index in [1.807, 2.05) is 0 Å². The quantitative estimate of drug-likeness (QED) is 0.488. The minimum absolute atomic E-state index is 0.550. The summed E-state index contributed by atoms with van der Waals surface area (Å²) in [6, 6.07) is 6.28. The Morgan fingerprint density at radius 3 is 2.86 bits per heavy atom. The van der Waals surface area contributed by atoms with Gasteiger partial charge >= 0.3 is 0 Å². The number of benzene rings is 1. The number of rotatable bonds is 5. The summed E-state index contributed by atoms with van der Waals surface area (Å²) in [7, 11) is 0. The van der Waals surface area contributed by atoms with Gasteiger partial charge in [0, 0.05) is 26.2 Å². The van der Waals surface area contributed by atoms with E-state index >= 15 is 0 Å². The third kappa shape index (κ3) is 5.71. The third-order valence-electron chi connectivity index (χ3n) is 3.61. The summed E-state index contributed by atoms with van der Waals surface area (Å²) in [5.74, 6) is 0. The van der Waals surface area contributed by atoms with Crippen LogP contribution in [0.5, 0.6) is 0 Å². The van der Waals surface area contributed by atoms with Gasteiger partial charge in [-0.1, -0.05) is 23.8 Å². The van der Waals surface area contributed by atoms with Crippen LogP contribution in [0.3, 0.4) is 0 Å². The average Bonchev–Trinajstić information content (AvgIpc) is 2.50. The van der Waals surface area contributed by atoms with Crippen molar-refractivity contribution in [3.63, 3.8) is 0 Å². The third-order valence-corrected chi connectivity index (χ3v) is 3.85. The Bertz CT molecular complexity index is 527. The smallest absolute Gasteiger partial charge is 0.187 e. The van der Waals surface area contributed by atoms with E-state index in [2.05, 4.69) is 52.8 Å². The fourth-order valence-electron chi connectivity index (χ4n) is 2.32. The summed E-state index contributed by atoms with van der Waals surface area (Å²) in [5.41, 5.74) is 6.41. The number of ether oxygens (including phenoxy) is 1. The summed E-state index contributed by atoms with van der Waals surface area (Å²) < 4.78 is 5.32. The van der Waals surface area contributed by atoms with Gasteiger partial charge in [-0.15, -0.1) is 0 Å². The predicted molar refractivity (Wildman–Crippen MR) is 94.5 cm³/mol. The van der Waals surface area contributed by atoms with Crippen molar-refractivity contribution < 1.29 is 4.74 Å². The zero-order chi connectivity index (χ0) is 15.8. The van der Waals surface area contributed by atoms with Crippen LogP contribution in [0.25, 0.3) is 0 Å². The molecular weight excluding hydrogens is 296 g/mol. The van der Waals surface area contributed by atoms with Crippen LogP contribution in [0.4, 0.5) is 0 Å². The van der Waals surface area contributed by atoms with Gasteiger partial charge in [0.25, 0.3) is 0 Å². The Hall–Kier alpha value is -1.50. The van der Waals surface area contributed by atoms with E-state index < -0.39 is 0 Å². The summed E-state index contributed by atoms with van der Waals surface area (Å²) >= 11 is 5.21. The fraction of sp³-hybridized carbons (Fsp3) is 0.500. The molecule has 1 saturated heterocycles. The Morgan fingerprint density at radius 1 is 1.36 bits per heavy atom. The molecule has 5 nitrogen and oxygen atoms in total. The number of hydrogen-bond donors (Lipinski definition) is 2. The van der Waals surface area contributed by atoms with E-state index in [4.69, 9.17) is 17.0 Å². The molecule has 0 saturated carbocycles. The lowest BCUT2D eigenvalue weighted by molar-refractivity contribution is 0.0389. The number of aryl methyl sites for hydroxylation is 2. The van der Waals surface area contributed by atoms with Crippen LogP contribution < -0.4 is 10.7 Å². The van der Waals surface area contributed by atoms with Crippen molar-refractivity contribution in [2.75, 3.05) is 39.4 Å². The highest BCUT2D eigenvalue weighted by molar-refractivity contribution is 7.80. The maximum atomic E-state index is 5.32. The van der Waals surface area contributed by atoms with Crippen molar-refractivity contribution in [2.45, 2.75) is 13.8 Å². The molecule has 6 heteroatoms. The molecule has 1 aromatic carbocycles. The average molecular weight is 320 g/mol. The maximum Gasteiger partial charge on any atom is 0.187 e. The second kappa shape index (κ2) is 8.82. The van der Waals surface area contributed by atoms with E-state index in [9.17, 15) is 0 Å². The highest BCUT2D eigenvalue weighted by atomic mass is 32.1. The largest absolute Gasteiger partial charge is 0.379 e.